The van der Waals surface area contributed by atoms with Gasteiger partial charge in [0.2, 0.25) is 10.0 Å². The molecule has 4 nitrogen and oxygen atoms in total. The van der Waals surface area contributed by atoms with E-state index >= 15 is 0 Å². The fourth-order valence-corrected chi connectivity index (χ4v) is 4.52. The first-order valence-electron chi connectivity index (χ1n) is 7.39. The molecule has 118 valence electrons. The highest BCUT2D eigenvalue weighted by Gasteiger charge is 2.30. The molecule has 1 heterocycles. The van der Waals surface area contributed by atoms with E-state index in [2.05, 4.69) is 6.92 Å². The predicted octanol–water partition coefficient (Wildman–Crippen LogP) is 2.40. The summed E-state index contributed by atoms with van der Waals surface area (Å²) in [6.07, 6.45) is 2.92. The first-order chi connectivity index (χ1) is 9.90. The molecule has 2 rings (SSSR count). The van der Waals surface area contributed by atoms with Crippen molar-refractivity contribution in [1.82, 2.24) is 4.31 Å². The molecule has 1 fully saturated rings. The Labute approximate surface area is 126 Å². The highest BCUT2D eigenvalue weighted by atomic mass is 32.2. The van der Waals surface area contributed by atoms with Crippen LogP contribution in [0.3, 0.4) is 0 Å². The van der Waals surface area contributed by atoms with Crippen molar-refractivity contribution in [2.45, 2.75) is 44.6 Å². The highest BCUT2D eigenvalue weighted by molar-refractivity contribution is 7.89. The van der Waals surface area contributed by atoms with Gasteiger partial charge in [-0.2, -0.15) is 4.31 Å². The zero-order valence-electron chi connectivity index (χ0n) is 12.6. The normalized spacial score (nSPS) is 20.7. The zero-order chi connectivity index (χ0) is 15.6. The van der Waals surface area contributed by atoms with Crippen molar-refractivity contribution in [1.29, 1.82) is 0 Å². The number of nitrogens with zero attached hydrogens (tertiary/aromatic N) is 1. The van der Waals surface area contributed by atoms with Crippen LogP contribution in [0.1, 0.15) is 37.3 Å². The molecular weight excluding hydrogens is 291 g/mol. The molecule has 2 N–H and O–H groups in total. The van der Waals surface area contributed by atoms with Crippen LogP contribution in [0.25, 0.3) is 0 Å². The molecule has 1 saturated heterocycles. The summed E-state index contributed by atoms with van der Waals surface area (Å²) in [7, 11) is -3.57. The third kappa shape index (κ3) is 3.27. The summed E-state index contributed by atoms with van der Waals surface area (Å²) < 4.78 is 40.9. The summed E-state index contributed by atoms with van der Waals surface area (Å²) in [5.74, 6) is -0.00872. The number of sulfonamides is 1. The van der Waals surface area contributed by atoms with Crippen molar-refractivity contribution in [2.24, 2.45) is 11.7 Å². The van der Waals surface area contributed by atoms with Crippen LogP contribution >= 0.6 is 0 Å². The molecule has 1 aromatic rings. The monoisotopic (exact) mass is 314 g/mol. The van der Waals surface area contributed by atoms with E-state index in [4.69, 9.17) is 5.73 Å². The fourth-order valence-electron chi connectivity index (χ4n) is 2.83. The summed E-state index contributed by atoms with van der Waals surface area (Å²) in [5.41, 5.74) is 6.07. The van der Waals surface area contributed by atoms with E-state index in [1.807, 2.05) is 0 Å². The van der Waals surface area contributed by atoms with Gasteiger partial charge in [-0.3, -0.25) is 0 Å². The number of aryl methyl sites for hydroxylation is 1. The van der Waals surface area contributed by atoms with Crippen molar-refractivity contribution < 1.29 is 12.8 Å². The van der Waals surface area contributed by atoms with Crippen LogP contribution in [0, 0.1) is 18.7 Å². The molecule has 1 aliphatic rings. The number of hydrogen-bond acceptors (Lipinski definition) is 3. The first kappa shape index (κ1) is 16.4. The van der Waals surface area contributed by atoms with E-state index in [0.29, 0.717) is 24.6 Å². The van der Waals surface area contributed by atoms with Crippen molar-refractivity contribution >= 4 is 10.0 Å². The van der Waals surface area contributed by atoms with Crippen molar-refractivity contribution in [2.75, 3.05) is 13.1 Å². The lowest BCUT2D eigenvalue weighted by atomic mass is 9.97. The second kappa shape index (κ2) is 6.42. The molecule has 0 spiro atoms. The number of rotatable bonds is 4. The lowest BCUT2D eigenvalue weighted by molar-refractivity contribution is 0.261. The van der Waals surface area contributed by atoms with E-state index in [9.17, 15) is 12.8 Å². The van der Waals surface area contributed by atoms with Gasteiger partial charge in [0.15, 0.2) is 0 Å². The molecular formula is C15H23FN2O2S. The average Bonchev–Trinajstić information content (AvgIpc) is 2.49. The summed E-state index contributed by atoms with van der Waals surface area (Å²) in [5, 5.41) is 0. The molecule has 6 heteroatoms. The van der Waals surface area contributed by atoms with E-state index < -0.39 is 15.8 Å². The van der Waals surface area contributed by atoms with Crippen LogP contribution in [-0.4, -0.2) is 25.8 Å². The standard InChI is InChI=1S/C15H23FN2O2S/c1-3-12-5-4-6-18(10-12)21(19,20)14-7-11(2)15(16)13(8-14)9-17/h7-8,12H,3-6,9-10,17H2,1-2H3. The Morgan fingerprint density at radius 3 is 2.76 bits per heavy atom. The molecule has 0 radical (unpaired) electrons. The Bertz CT molecular complexity index is 616. The molecule has 1 unspecified atom stereocenters. The van der Waals surface area contributed by atoms with E-state index in [-0.39, 0.29) is 17.0 Å². The Hall–Kier alpha value is -0.980. The van der Waals surface area contributed by atoms with Crippen LogP contribution in [0.15, 0.2) is 17.0 Å². The van der Waals surface area contributed by atoms with Gasteiger partial charge >= 0.3 is 0 Å². The van der Waals surface area contributed by atoms with Gasteiger partial charge in [0, 0.05) is 25.2 Å². The van der Waals surface area contributed by atoms with Crippen molar-refractivity contribution in [3.05, 3.63) is 29.1 Å². The Morgan fingerprint density at radius 2 is 2.14 bits per heavy atom. The molecule has 1 aliphatic heterocycles. The van der Waals surface area contributed by atoms with E-state index in [1.54, 1.807) is 6.92 Å². The van der Waals surface area contributed by atoms with Gasteiger partial charge < -0.3 is 5.73 Å². The Kier molecular flexibility index (Phi) is 5.01. The minimum atomic E-state index is -3.57. The number of piperidine rings is 1. The molecule has 21 heavy (non-hydrogen) atoms. The molecule has 1 atom stereocenters. The van der Waals surface area contributed by atoms with Crippen LogP contribution in [0.2, 0.25) is 0 Å². The molecule has 0 saturated carbocycles. The molecule has 1 aromatic carbocycles. The van der Waals surface area contributed by atoms with Crippen LogP contribution in [0.5, 0.6) is 0 Å². The van der Waals surface area contributed by atoms with Gasteiger partial charge in [0.1, 0.15) is 5.82 Å². The van der Waals surface area contributed by atoms with Crippen LogP contribution < -0.4 is 5.73 Å². The Morgan fingerprint density at radius 1 is 1.43 bits per heavy atom. The van der Waals surface area contributed by atoms with Crippen molar-refractivity contribution in [3.8, 4) is 0 Å². The largest absolute Gasteiger partial charge is 0.326 e. The maximum Gasteiger partial charge on any atom is 0.243 e. The lowest BCUT2D eigenvalue weighted by Crippen LogP contribution is -2.39. The number of hydrogen-bond donors (Lipinski definition) is 1. The molecule has 0 bridgehead atoms. The minimum absolute atomic E-state index is 0.00633. The molecule has 0 amide bonds. The summed E-state index contributed by atoms with van der Waals surface area (Å²) >= 11 is 0. The third-order valence-electron chi connectivity index (χ3n) is 4.22. The van der Waals surface area contributed by atoms with Crippen LogP contribution in [-0.2, 0) is 16.6 Å². The van der Waals surface area contributed by atoms with E-state index in [1.165, 1.54) is 16.4 Å². The van der Waals surface area contributed by atoms with Gasteiger partial charge in [0.25, 0.3) is 0 Å². The van der Waals surface area contributed by atoms with Gasteiger partial charge in [-0.05, 0) is 43.4 Å². The summed E-state index contributed by atoms with van der Waals surface area (Å²) in [6, 6.07) is 2.77. The predicted molar refractivity (Wildman–Crippen MR) is 80.8 cm³/mol. The number of nitrogens with two attached hydrogens (primary N) is 1. The minimum Gasteiger partial charge on any atom is -0.326 e. The van der Waals surface area contributed by atoms with Gasteiger partial charge in [-0.25, -0.2) is 12.8 Å². The quantitative estimate of drug-likeness (QED) is 0.928. The number of benzene rings is 1. The first-order valence-corrected chi connectivity index (χ1v) is 8.83. The van der Waals surface area contributed by atoms with Crippen molar-refractivity contribution in [3.63, 3.8) is 0 Å². The smallest absolute Gasteiger partial charge is 0.243 e. The van der Waals surface area contributed by atoms with E-state index in [0.717, 1.165) is 19.3 Å². The average molecular weight is 314 g/mol. The maximum atomic E-state index is 13.8. The van der Waals surface area contributed by atoms with Gasteiger partial charge in [-0.1, -0.05) is 13.3 Å². The summed E-state index contributed by atoms with van der Waals surface area (Å²) in [6.45, 7) is 4.72. The van der Waals surface area contributed by atoms with Gasteiger partial charge in [-0.15, -0.1) is 0 Å². The number of halogens is 1. The molecule has 0 aliphatic carbocycles. The third-order valence-corrected chi connectivity index (χ3v) is 6.06. The second-order valence-electron chi connectivity index (χ2n) is 5.70. The molecule has 0 aromatic heterocycles. The van der Waals surface area contributed by atoms with Gasteiger partial charge in [0.05, 0.1) is 4.90 Å². The zero-order valence-corrected chi connectivity index (χ0v) is 13.4. The lowest BCUT2D eigenvalue weighted by Gasteiger charge is -2.31. The van der Waals surface area contributed by atoms with Crippen LogP contribution in [0.4, 0.5) is 4.39 Å². The SMILES string of the molecule is CCC1CCCN(S(=O)(=O)c2cc(C)c(F)c(CN)c2)C1. The second-order valence-corrected chi connectivity index (χ2v) is 7.63. The highest BCUT2D eigenvalue weighted by Crippen LogP contribution is 2.27. The Balaban J connectivity index is 2.37. The maximum absolute atomic E-state index is 13.8. The topological polar surface area (TPSA) is 63.4 Å². The fraction of sp³-hybridized carbons (Fsp3) is 0.600. The summed E-state index contributed by atoms with van der Waals surface area (Å²) in [4.78, 5) is 0.151.